The van der Waals surface area contributed by atoms with Crippen molar-refractivity contribution in [2.24, 2.45) is 0 Å². The average Bonchev–Trinajstić information content (AvgIpc) is 2.53. The second-order valence-electron chi connectivity index (χ2n) is 7.17. The molecule has 0 bridgehead atoms. The molecule has 0 aliphatic carbocycles. The molecule has 0 saturated carbocycles. The zero-order chi connectivity index (χ0) is 20.4. The third-order valence-corrected chi connectivity index (χ3v) is 7.30. The van der Waals surface area contributed by atoms with Crippen LogP contribution in [0.2, 0.25) is 5.02 Å². The Labute approximate surface area is 167 Å². The van der Waals surface area contributed by atoms with Gasteiger partial charge in [0.2, 0.25) is 0 Å². The highest BCUT2D eigenvalue weighted by Crippen LogP contribution is 2.24. The summed E-state index contributed by atoms with van der Waals surface area (Å²) in [5, 5.41) is 2.80. The van der Waals surface area contributed by atoms with Crippen LogP contribution in [0.25, 0.3) is 0 Å². The van der Waals surface area contributed by atoms with Gasteiger partial charge in [-0.1, -0.05) is 23.7 Å². The van der Waals surface area contributed by atoms with Crippen LogP contribution in [0.3, 0.4) is 0 Å². The maximum atomic E-state index is 12.5. The van der Waals surface area contributed by atoms with E-state index in [4.69, 9.17) is 11.6 Å². The fourth-order valence-electron chi connectivity index (χ4n) is 2.24. The van der Waals surface area contributed by atoms with Crippen LogP contribution in [-0.2, 0) is 26.4 Å². The highest BCUT2D eigenvalue weighted by molar-refractivity contribution is 7.90. The summed E-state index contributed by atoms with van der Waals surface area (Å²) in [6.07, 6.45) is 1.04. The molecule has 0 aliphatic heterocycles. The van der Waals surface area contributed by atoms with E-state index in [-0.39, 0.29) is 20.2 Å². The number of rotatable bonds is 5. The van der Waals surface area contributed by atoms with Crippen LogP contribution in [0, 0.1) is 0 Å². The van der Waals surface area contributed by atoms with Gasteiger partial charge in [-0.2, -0.15) is 0 Å². The van der Waals surface area contributed by atoms with Crippen LogP contribution < -0.4 is 5.32 Å². The monoisotopic (exact) mass is 427 g/mol. The van der Waals surface area contributed by atoms with Crippen LogP contribution in [-0.4, -0.2) is 29.5 Å². The molecule has 8 heteroatoms. The molecule has 0 saturated heterocycles. The Kier molecular flexibility index (Phi) is 6.50. The van der Waals surface area contributed by atoms with Gasteiger partial charge in [-0.25, -0.2) is 8.42 Å². The van der Waals surface area contributed by atoms with Crippen molar-refractivity contribution in [3.63, 3.8) is 0 Å². The normalized spacial score (nSPS) is 13.2. The zero-order valence-corrected chi connectivity index (χ0v) is 18.0. The molecule has 2 rings (SSSR count). The summed E-state index contributed by atoms with van der Waals surface area (Å²) in [6, 6.07) is 11.2. The van der Waals surface area contributed by atoms with Gasteiger partial charge in [-0.15, -0.1) is 0 Å². The van der Waals surface area contributed by atoms with Crippen molar-refractivity contribution in [1.29, 1.82) is 0 Å². The molecule has 1 N–H and O–H groups in total. The minimum atomic E-state index is -3.54. The van der Waals surface area contributed by atoms with Gasteiger partial charge in [-0.05, 0) is 56.7 Å². The molecular weight excluding hydrogens is 406 g/mol. The molecule has 0 fully saturated rings. The smallest absolute Gasteiger partial charge is 0.255 e. The first-order valence-electron chi connectivity index (χ1n) is 8.16. The van der Waals surface area contributed by atoms with E-state index in [1.54, 1.807) is 18.2 Å². The van der Waals surface area contributed by atoms with Crippen molar-refractivity contribution < 1.29 is 17.4 Å². The fraction of sp³-hybridized carbons (Fsp3) is 0.316. The van der Waals surface area contributed by atoms with E-state index in [9.17, 15) is 17.4 Å². The van der Waals surface area contributed by atoms with Crippen molar-refractivity contribution >= 4 is 43.8 Å². The van der Waals surface area contributed by atoms with Crippen molar-refractivity contribution in [1.82, 2.24) is 0 Å². The zero-order valence-electron chi connectivity index (χ0n) is 15.6. The highest BCUT2D eigenvalue weighted by Gasteiger charge is 2.20. The van der Waals surface area contributed by atoms with E-state index < -0.39 is 26.5 Å². The van der Waals surface area contributed by atoms with E-state index in [2.05, 4.69) is 5.32 Å². The van der Waals surface area contributed by atoms with Crippen molar-refractivity contribution in [3.05, 3.63) is 58.6 Å². The molecule has 0 spiro atoms. The minimum absolute atomic E-state index is 0.0701. The number of amides is 1. The predicted octanol–water partition coefficient (Wildman–Crippen LogP) is 4.04. The Morgan fingerprint density at radius 3 is 2.41 bits per heavy atom. The summed E-state index contributed by atoms with van der Waals surface area (Å²) in [5.41, 5.74) is 1.57. The van der Waals surface area contributed by atoms with Gasteiger partial charge in [0.1, 0.15) is 0 Å². The standard InChI is InChI=1S/C19H22ClNO4S2/c1-19(2,3)26(23)12-13-6-5-7-15(10-13)21-18(22)14-8-9-16(20)17(11-14)27(4,24)25/h5-11H,12H2,1-4H3,(H,21,22). The summed E-state index contributed by atoms with van der Waals surface area (Å²) >= 11 is 5.91. The van der Waals surface area contributed by atoms with Crippen molar-refractivity contribution in [3.8, 4) is 0 Å². The number of sulfone groups is 1. The maximum Gasteiger partial charge on any atom is 0.255 e. The largest absolute Gasteiger partial charge is 0.322 e. The van der Waals surface area contributed by atoms with E-state index in [0.717, 1.165) is 11.8 Å². The molecule has 2 aromatic carbocycles. The molecule has 0 aliphatic rings. The van der Waals surface area contributed by atoms with Crippen LogP contribution >= 0.6 is 11.6 Å². The number of hydrogen-bond donors (Lipinski definition) is 1. The molecule has 0 aromatic heterocycles. The highest BCUT2D eigenvalue weighted by atomic mass is 35.5. The Bertz CT molecular complexity index is 995. The molecule has 5 nitrogen and oxygen atoms in total. The number of nitrogens with one attached hydrogen (secondary N) is 1. The molecule has 1 atom stereocenters. The van der Waals surface area contributed by atoms with Gasteiger partial charge in [0.25, 0.3) is 5.91 Å². The Morgan fingerprint density at radius 1 is 1.15 bits per heavy atom. The van der Waals surface area contributed by atoms with Gasteiger partial charge < -0.3 is 5.32 Å². The topological polar surface area (TPSA) is 80.3 Å². The number of benzene rings is 2. The summed E-state index contributed by atoms with van der Waals surface area (Å²) in [7, 11) is -4.60. The molecule has 1 unspecified atom stereocenters. The predicted molar refractivity (Wildman–Crippen MR) is 111 cm³/mol. The van der Waals surface area contributed by atoms with Gasteiger partial charge in [-0.3, -0.25) is 9.00 Å². The number of halogens is 1. The molecule has 2 aromatic rings. The first-order valence-corrected chi connectivity index (χ1v) is 11.7. The average molecular weight is 428 g/mol. The molecule has 1 amide bonds. The van der Waals surface area contributed by atoms with Gasteiger partial charge >= 0.3 is 0 Å². The molecule has 0 heterocycles. The lowest BCUT2D eigenvalue weighted by molar-refractivity contribution is 0.102. The summed E-state index contributed by atoms with van der Waals surface area (Å²) in [4.78, 5) is 12.4. The lowest BCUT2D eigenvalue weighted by Gasteiger charge is -2.18. The lowest BCUT2D eigenvalue weighted by atomic mass is 10.2. The molecule has 27 heavy (non-hydrogen) atoms. The van der Waals surface area contributed by atoms with Gasteiger partial charge in [0.05, 0.1) is 9.92 Å². The molecule has 146 valence electrons. The van der Waals surface area contributed by atoms with E-state index in [1.807, 2.05) is 26.8 Å². The molecular formula is C19H22ClNO4S2. The lowest BCUT2D eigenvalue weighted by Crippen LogP contribution is -2.23. The Morgan fingerprint density at radius 2 is 1.81 bits per heavy atom. The third-order valence-electron chi connectivity index (χ3n) is 3.76. The second kappa shape index (κ2) is 8.12. The number of hydrogen-bond acceptors (Lipinski definition) is 4. The first-order chi connectivity index (χ1) is 12.4. The minimum Gasteiger partial charge on any atom is -0.322 e. The third kappa shape index (κ3) is 5.89. The second-order valence-corrected chi connectivity index (χ2v) is 11.8. The SMILES string of the molecule is CC(C)(C)S(=O)Cc1cccc(NC(=O)c2ccc(Cl)c(S(C)(=O)=O)c2)c1. The van der Waals surface area contributed by atoms with Crippen molar-refractivity contribution in [2.75, 3.05) is 11.6 Å². The quantitative estimate of drug-likeness (QED) is 0.780. The maximum absolute atomic E-state index is 12.5. The summed E-state index contributed by atoms with van der Waals surface area (Å²) in [6.45, 7) is 5.73. The van der Waals surface area contributed by atoms with E-state index in [1.165, 1.54) is 18.2 Å². The van der Waals surface area contributed by atoms with Crippen LogP contribution in [0.4, 0.5) is 5.69 Å². The van der Waals surface area contributed by atoms with Crippen LogP contribution in [0.1, 0.15) is 36.7 Å². The summed E-state index contributed by atoms with van der Waals surface area (Å²) in [5.74, 6) is -0.0718. The fourth-order valence-corrected chi connectivity index (χ4v) is 4.46. The van der Waals surface area contributed by atoms with E-state index >= 15 is 0 Å². The van der Waals surface area contributed by atoms with Crippen LogP contribution in [0.5, 0.6) is 0 Å². The van der Waals surface area contributed by atoms with Gasteiger partial charge in [0, 0.05) is 38.8 Å². The number of anilines is 1. The Balaban J connectivity index is 2.22. The number of carbonyl (C=O) groups is 1. The van der Waals surface area contributed by atoms with Crippen molar-refractivity contribution in [2.45, 2.75) is 36.2 Å². The Hall–Kier alpha value is -1.70. The van der Waals surface area contributed by atoms with Gasteiger partial charge in [0.15, 0.2) is 9.84 Å². The molecule has 0 radical (unpaired) electrons. The van der Waals surface area contributed by atoms with E-state index in [0.29, 0.717) is 11.4 Å². The first kappa shape index (κ1) is 21.6. The summed E-state index contributed by atoms with van der Waals surface area (Å²) < 4.78 is 35.5. The van der Waals surface area contributed by atoms with Crippen LogP contribution in [0.15, 0.2) is 47.4 Å². The number of carbonyl (C=O) groups excluding carboxylic acids is 1.